The molecule has 138 valence electrons. The second-order valence-electron chi connectivity index (χ2n) is 7.76. The third-order valence-corrected chi connectivity index (χ3v) is 14.8. The summed E-state index contributed by atoms with van der Waals surface area (Å²) in [5.41, 5.74) is 0. The fourth-order valence-corrected chi connectivity index (χ4v) is 15.4. The van der Waals surface area contributed by atoms with Gasteiger partial charge < -0.3 is 0 Å². The number of aryl methyl sites for hydroxylation is 3. The van der Waals surface area contributed by atoms with Crippen molar-refractivity contribution in [1.82, 2.24) is 0 Å². The number of hydrogen-bond donors (Lipinski definition) is 0. The summed E-state index contributed by atoms with van der Waals surface area (Å²) in [5, 5.41) is 0. The molecule has 0 N–H and O–H groups in total. The van der Waals surface area contributed by atoms with E-state index in [9.17, 15) is 0 Å². The Morgan fingerprint density at radius 3 is 1.37 bits per heavy atom. The second kappa shape index (κ2) is 5.39. The molecule has 0 saturated heterocycles. The predicted molar refractivity (Wildman–Crippen MR) is 124 cm³/mol. The highest BCUT2D eigenvalue weighted by Gasteiger charge is 2.51. The Hall–Kier alpha value is -0.850. The van der Waals surface area contributed by atoms with Crippen LogP contribution in [0.1, 0.15) is 39.3 Å². The molecule has 0 radical (unpaired) electrons. The zero-order valence-corrected chi connectivity index (χ0v) is 20.0. The number of thiophene rings is 4. The molecule has 6 heterocycles. The lowest BCUT2D eigenvalue weighted by Gasteiger charge is -2.33. The van der Waals surface area contributed by atoms with Crippen LogP contribution in [0, 0.1) is 20.8 Å². The highest BCUT2D eigenvalue weighted by atomic mass is 32.3. The van der Waals surface area contributed by atoms with E-state index in [-0.39, 0.29) is 0 Å². The van der Waals surface area contributed by atoms with Gasteiger partial charge in [-0.15, -0.1) is 55.4 Å². The van der Waals surface area contributed by atoms with Crippen LogP contribution in [0.25, 0.3) is 19.5 Å². The van der Waals surface area contributed by atoms with Gasteiger partial charge in [0.05, 0.1) is 19.5 Å². The minimum atomic E-state index is -1.27. The first-order chi connectivity index (χ1) is 12.9. The average molecular weight is 445 g/mol. The minimum absolute atomic E-state index is 0.593. The lowest BCUT2D eigenvalue weighted by Crippen LogP contribution is -1.95. The third-order valence-electron chi connectivity index (χ3n) is 5.48. The van der Waals surface area contributed by atoms with E-state index in [0.29, 0.717) is 5.92 Å². The van der Waals surface area contributed by atoms with Crippen LogP contribution in [0.5, 0.6) is 0 Å². The summed E-state index contributed by atoms with van der Waals surface area (Å²) in [5.74, 6) is 0.593. The molecule has 0 saturated carbocycles. The summed E-state index contributed by atoms with van der Waals surface area (Å²) in [7, 11) is -1.27. The topological polar surface area (TPSA) is 0 Å². The smallest absolute Gasteiger partial charge is 0.0587 e. The lowest BCUT2D eigenvalue weighted by molar-refractivity contribution is 0.887. The highest BCUT2D eigenvalue weighted by molar-refractivity contribution is 8.35. The molecule has 4 aromatic heterocycles. The summed E-state index contributed by atoms with van der Waals surface area (Å²) in [6.07, 6.45) is 0. The third kappa shape index (κ3) is 1.95. The molecular formula is C22H20S5. The van der Waals surface area contributed by atoms with Crippen molar-refractivity contribution < 1.29 is 0 Å². The summed E-state index contributed by atoms with van der Waals surface area (Å²) in [4.78, 5) is 18.6. The molecule has 0 fully saturated rings. The Labute approximate surface area is 177 Å². The number of rotatable bonds is 1. The van der Waals surface area contributed by atoms with Gasteiger partial charge in [0.1, 0.15) is 0 Å². The minimum Gasteiger partial charge on any atom is -0.139 e. The molecule has 0 aliphatic carbocycles. The monoisotopic (exact) mass is 444 g/mol. The molecule has 6 rings (SSSR count). The van der Waals surface area contributed by atoms with Gasteiger partial charge in [-0.3, -0.25) is 0 Å². The van der Waals surface area contributed by atoms with Gasteiger partial charge in [-0.25, -0.2) is 0 Å². The van der Waals surface area contributed by atoms with Crippen molar-refractivity contribution in [2.24, 2.45) is 0 Å². The van der Waals surface area contributed by atoms with Crippen molar-refractivity contribution in [2.45, 2.75) is 60.1 Å². The normalized spacial score (nSPS) is 16.7. The molecule has 1 spiro atoms. The van der Waals surface area contributed by atoms with Crippen molar-refractivity contribution in [3.05, 3.63) is 43.8 Å². The van der Waals surface area contributed by atoms with E-state index in [2.05, 4.69) is 58.9 Å². The van der Waals surface area contributed by atoms with Crippen LogP contribution < -0.4 is 0 Å². The molecule has 2 aliphatic heterocycles. The van der Waals surface area contributed by atoms with E-state index in [1.165, 1.54) is 19.5 Å². The quantitative estimate of drug-likeness (QED) is 0.237. The molecule has 0 bridgehead atoms. The first kappa shape index (κ1) is 17.0. The Bertz CT molecular complexity index is 1190. The molecule has 0 nitrogen and oxygen atoms in total. The van der Waals surface area contributed by atoms with Gasteiger partial charge in [-0.05, 0) is 51.0 Å². The van der Waals surface area contributed by atoms with Crippen molar-refractivity contribution in [2.75, 3.05) is 0 Å². The van der Waals surface area contributed by atoms with Crippen molar-refractivity contribution in [3.63, 3.8) is 0 Å². The maximum Gasteiger partial charge on any atom is 0.0587 e. The van der Waals surface area contributed by atoms with Crippen molar-refractivity contribution in [3.8, 4) is 19.5 Å². The Morgan fingerprint density at radius 1 is 0.593 bits per heavy atom. The maximum absolute atomic E-state index is 2.57. The van der Waals surface area contributed by atoms with Crippen LogP contribution in [0.2, 0.25) is 0 Å². The van der Waals surface area contributed by atoms with Crippen LogP contribution in [-0.4, -0.2) is 0 Å². The first-order valence-corrected chi connectivity index (χ1v) is 14.1. The summed E-state index contributed by atoms with van der Waals surface area (Å²) in [6, 6.07) is 10.1. The molecule has 0 aromatic carbocycles. The van der Waals surface area contributed by atoms with Crippen LogP contribution in [0.3, 0.4) is 0 Å². The highest BCUT2D eigenvalue weighted by Crippen LogP contribution is 2.88. The fraction of sp³-hybridized carbons (Fsp3) is 0.273. The summed E-state index contributed by atoms with van der Waals surface area (Å²) < 4.78 is 0. The number of hydrogen-bond acceptors (Lipinski definition) is 4. The van der Waals surface area contributed by atoms with Gasteiger partial charge in [-0.2, -0.15) is 0 Å². The van der Waals surface area contributed by atoms with Crippen molar-refractivity contribution >= 4 is 55.4 Å². The predicted octanol–water partition coefficient (Wildman–Crippen LogP) is 9.28. The molecular weight excluding hydrogens is 425 g/mol. The molecule has 27 heavy (non-hydrogen) atoms. The van der Waals surface area contributed by atoms with E-state index in [0.717, 1.165) is 0 Å². The van der Waals surface area contributed by atoms with Gasteiger partial charge >= 0.3 is 0 Å². The van der Waals surface area contributed by atoms with Crippen LogP contribution in [0.15, 0.2) is 43.8 Å². The van der Waals surface area contributed by atoms with Gasteiger partial charge in [0.25, 0.3) is 0 Å². The van der Waals surface area contributed by atoms with E-state index >= 15 is 0 Å². The van der Waals surface area contributed by atoms with E-state index < -0.39 is 10.0 Å². The average Bonchev–Trinajstić information content (AvgIpc) is 3.36. The Morgan fingerprint density at radius 2 is 0.963 bits per heavy atom. The zero-order chi connectivity index (χ0) is 18.7. The molecule has 4 aromatic rings. The number of fused-ring (bicyclic) bond motifs is 10. The first-order valence-electron chi connectivity index (χ1n) is 9.20. The largest absolute Gasteiger partial charge is 0.139 e. The van der Waals surface area contributed by atoms with Gasteiger partial charge in [0, 0.05) is 39.1 Å². The Balaban J connectivity index is 1.81. The van der Waals surface area contributed by atoms with Crippen LogP contribution in [0.4, 0.5) is 0 Å². The van der Waals surface area contributed by atoms with Crippen molar-refractivity contribution in [1.29, 1.82) is 0 Å². The molecule has 5 heteroatoms. The molecule has 0 unspecified atom stereocenters. The van der Waals surface area contributed by atoms with Crippen LogP contribution in [-0.2, 0) is 0 Å². The van der Waals surface area contributed by atoms with Gasteiger partial charge in [0.15, 0.2) is 0 Å². The summed E-state index contributed by atoms with van der Waals surface area (Å²) in [6.45, 7) is 11.5. The molecule has 0 amide bonds. The Kier molecular flexibility index (Phi) is 3.41. The molecule has 2 aliphatic rings. The molecule has 0 atom stereocenters. The summed E-state index contributed by atoms with van der Waals surface area (Å²) >= 11 is 8.06. The van der Waals surface area contributed by atoms with Gasteiger partial charge in [-0.1, -0.05) is 13.8 Å². The SMILES string of the molecule is Cc1cc2c(s1)-c1sc(C)cc1S21c2cc(C)sc2-c2sc(C(C)C)cc21. The van der Waals surface area contributed by atoms with Gasteiger partial charge in [0.2, 0.25) is 0 Å². The van der Waals surface area contributed by atoms with E-state index in [1.807, 2.05) is 45.3 Å². The van der Waals surface area contributed by atoms with E-state index in [1.54, 1.807) is 39.1 Å². The standard InChI is InChI=1S/C22H20S5/c1-10(2)14-9-18-22(26-14)21-17(8-13(5)25-21)27(18)15-6-11(3)23-19(15)20-16(27)7-12(4)24-20/h6-10H,1-5H3. The van der Waals surface area contributed by atoms with Crippen LogP contribution >= 0.6 is 55.4 Å². The maximum atomic E-state index is 2.57. The zero-order valence-electron chi connectivity index (χ0n) is 15.9. The fourth-order valence-electron chi connectivity index (χ4n) is 4.40. The van der Waals surface area contributed by atoms with E-state index in [4.69, 9.17) is 0 Å². The lowest BCUT2D eigenvalue weighted by atomic mass is 10.2. The second-order valence-corrected chi connectivity index (χ2v) is 15.6.